The number of carbonyl (C=O) groups excluding carboxylic acids is 1. The number of rotatable bonds is 6. The van der Waals surface area contributed by atoms with Gasteiger partial charge in [0, 0.05) is 17.9 Å². The molecule has 2 aromatic carbocycles. The van der Waals surface area contributed by atoms with E-state index in [0.717, 1.165) is 17.5 Å². The third kappa shape index (κ3) is 4.88. The fraction of sp³-hybridized carbons (Fsp3) is 0.318. The SMILES string of the molecule is CC(=O)C/C=C/C[C@@H]1CO[C@H](c2ccccc2)O[C@@H]1c1ccccc1. The molecule has 0 N–H and O–H groups in total. The van der Waals surface area contributed by atoms with Gasteiger partial charge in [0.2, 0.25) is 0 Å². The molecule has 1 saturated heterocycles. The molecule has 3 rings (SSSR count). The highest BCUT2D eigenvalue weighted by Crippen LogP contribution is 2.39. The summed E-state index contributed by atoms with van der Waals surface area (Å²) in [5.41, 5.74) is 2.20. The molecule has 0 aliphatic carbocycles. The third-order valence-corrected chi connectivity index (χ3v) is 4.37. The Morgan fingerprint density at radius 1 is 1.00 bits per heavy atom. The number of carbonyl (C=O) groups is 1. The maximum atomic E-state index is 11.1. The third-order valence-electron chi connectivity index (χ3n) is 4.37. The molecule has 0 amide bonds. The van der Waals surface area contributed by atoms with Crippen LogP contribution in [0.1, 0.15) is 43.3 Å². The molecule has 0 spiro atoms. The number of allylic oxidation sites excluding steroid dienone is 2. The quantitative estimate of drug-likeness (QED) is 0.695. The van der Waals surface area contributed by atoms with Gasteiger partial charge in [-0.1, -0.05) is 72.8 Å². The van der Waals surface area contributed by atoms with Crippen LogP contribution in [0.5, 0.6) is 0 Å². The number of Topliss-reactive ketones (excluding diaryl/α,β-unsaturated/α-hetero) is 1. The van der Waals surface area contributed by atoms with Gasteiger partial charge >= 0.3 is 0 Å². The van der Waals surface area contributed by atoms with Crippen LogP contribution >= 0.6 is 0 Å². The molecule has 0 radical (unpaired) electrons. The minimum Gasteiger partial charge on any atom is -0.348 e. The van der Waals surface area contributed by atoms with E-state index in [-0.39, 0.29) is 24.1 Å². The van der Waals surface area contributed by atoms with Crippen LogP contribution in [-0.4, -0.2) is 12.4 Å². The molecule has 25 heavy (non-hydrogen) atoms. The molecule has 0 bridgehead atoms. The smallest absolute Gasteiger partial charge is 0.184 e. The van der Waals surface area contributed by atoms with Crippen molar-refractivity contribution in [2.24, 2.45) is 5.92 Å². The molecule has 2 aromatic rings. The molecule has 130 valence electrons. The highest BCUT2D eigenvalue weighted by molar-refractivity contribution is 5.76. The van der Waals surface area contributed by atoms with Crippen LogP contribution in [-0.2, 0) is 14.3 Å². The van der Waals surface area contributed by atoms with Crippen LogP contribution in [0.25, 0.3) is 0 Å². The minimum atomic E-state index is -0.344. The first-order chi connectivity index (χ1) is 12.2. The summed E-state index contributed by atoms with van der Waals surface area (Å²) in [6.45, 7) is 2.23. The highest BCUT2D eigenvalue weighted by Gasteiger charge is 2.33. The molecule has 1 aliphatic heterocycles. The van der Waals surface area contributed by atoms with Crippen molar-refractivity contribution in [2.45, 2.75) is 32.2 Å². The van der Waals surface area contributed by atoms with E-state index < -0.39 is 0 Å². The Kier molecular flexibility index (Phi) is 6.15. The molecule has 3 atom stereocenters. The van der Waals surface area contributed by atoms with Gasteiger partial charge in [0.15, 0.2) is 6.29 Å². The lowest BCUT2D eigenvalue weighted by molar-refractivity contribution is -0.243. The first-order valence-electron chi connectivity index (χ1n) is 8.75. The average molecular weight is 336 g/mol. The van der Waals surface area contributed by atoms with Gasteiger partial charge in [-0.3, -0.25) is 4.79 Å². The highest BCUT2D eigenvalue weighted by atomic mass is 16.7. The van der Waals surface area contributed by atoms with Crippen molar-refractivity contribution in [3.8, 4) is 0 Å². The van der Waals surface area contributed by atoms with Crippen LogP contribution < -0.4 is 0 Å². The van der Waals surface area contributed by atoms with Crippen molar-refractivity contribution in [3.05, 3.63) is 83.9 Å². The Morgan fingerprint density at radius 3 is 2.28 bits per heavy atom. The molecule has 3 nitrogen and oxygen atoms in total. The summed E-state index contributed by atoms with van der Waals surface area (Å²) < 4.78 is 12.3. The Balaban J connectivity index is 1.74. The second kappa shape index (κ2) is 8.75. The van der Waals surface area contributed by atoms with Crippen LogP contribution in [0.15, 0.2) is 72.8 Å². The molecule has 0 aromatic heterocycles. The van der Waals surface area contributed by atoms with Crippen molar-refractivity contribution in [3.63, 3.8) is 0 Å². The van der Waals surface area contributed by atoms with E-state index in [9.17, 15) is 4.79 Å². The monoisotopic (exact) mass is 336 g/mol. The first-order valence-corrected chi connectivity index (χ1v) is 8.75. The topological polar surface area (TPSA) is 35.5 Å². The molecule has 1 aliphatic rings. The van der Waals surface area contributed by atoms with Gasteiger partial charge in [-0.15, -0.1) is 0 Å². The predicted octanol–water partition coefficient (Wildman–Crippen LogP) is 5.01. The Bertz CT molecular complexity index is 694. The van der Waals surface area contributed by atoms with E-state index in [4.69, 9.17) is 9.47 Å². The van der Waals surface area contributed by atoms with E-state index >= 15 is 0 Å². The van der Waals surface area contributed by atoms with Crippen LogP contribution in [0.2, 0.25) is 0 Å². The van der Waals surface area contributed by atoms with Crippen molar-refractivity contribution in [1.82, 2.24) is 0 Å². The summed E-state index contributed by atoms with van der Waals surface area (Å²) in [4.78, 5) is 11.1. The zero-order valence-electron chi connectivity index (χ0n) is 14.5. The van der Waals surface area contributed by atoms with Crippen LogP contribution in [0.3, 0.4) is 0 Å². The van der Waals surface area contributed by atoms with Crippen LogP contribution in [0.4, 0.5) is 0 Å². The van der Waals surface area contributed by atoms with Gasteiger partial charge in [-0.05, 0) is 18.9 Å². The van der Waals surface area contributed by atoms with Gasteiger partial charge in [0.1, 0.15) is 5.78 Å². The van der Waals surface area contributed by atoms with Gasteiger partial charge in [-0.25, -0.2) is 0 Å². The summed E-state index contributed by atoms with van der Waals surface area (Å²) in [6, 6.07) is 20.3. The Labute approximate surface area is 149 Å². The lowest BCUT2D eigenvalue weighted by atomic mass is 9.92. The van der Waals surface area contributed by atoms with Crippen molar-refractivity contribution in [2.75, 3.05) is 6.61 Å². The van der Waals surface area contributed by atoms with E-state index in [1.807, 2.05) is 54.6 Å². The fourth-order valence-corrected chi connectivity index (χ4v) is 3.07. The molecule has 0 unspecified atom stereocenters. The average Bonchev–Trinajstić information content (AvgIpc) is 2.66. The summed E-state index contributed by atoms with van der Waals surface area (Å²) in [5.74, 6) is 0.404. The molecule has 1 fully saturated rings. The molecular weight excluding hydrogens is 312 g/mol. The summed E-state index contributed by atoms with van der Waals surface area (Å²) in [5, 5.41) is 0. The van der Waals surface area contributed by atoms with Crippen LogP contribution in [0, 0.1) is 5.92 Å². The molecule has 1 heterocycles. The lowest BCUT2D eigenvalue weighted by Gasteiger charge is -2.36. The minimum absolute atomic E-state index is 0.0258. The summed E-state index contributed by atoms with van der Waals surface area (Å²) >= 11 is 0. The second-order valence-electron chi connectivity index (χ2n) is 6.42. The number of hydrogen-bond acceptors (Lipinski definition) is 3. The van der Waals surface area contributed by atoms with Gasteiger partial charge in [0.05, 0.1) is 12.7 Å². The summed E-state index contributed by atoms with van der Waals surface area (Å²) in [6.07, 6.45) is 4.95. The first kappa shape index (κ1) is 17.6. The maximum Gasteiger partial charge on any atom is 0.184 e. The molecule has 3 heteroatoms. The van der Waals surface area contributed by atoms with Crippen molar-refractivity contribution >= 4 is 5.78 Å². The number of benzene rings is 2. The van der Waals surface area contributed by atoms with E-state index in [1.165, 1.54) is 0 Å². The molecular formula is C22H24O3. The standard InChI is InChI=1S/C22H24O3/c1-17(23)10-8-9-15-20-16-24-22(19-13-6-3-7-14-19)25-21(20)18-11-4-2-5-12-18/h2-9,11-14,20-22H,10,15-16H2,1H3/b9-8+/t20-,21-,22+/m1/s1. The zero-order chi connectivity index (χ0) is 17.5. The van der Waals surface area contributed by atoms with Gasteiger partial charge in [-0.2, -0.15) is 0 Å². The van der Waals surface area contributed by atoms with E-state index in [1.54, 1.807) is 6.92 Å². The second-order valence-corrected chi connectivity index (χ2v) is 6.42. The number of ether oxygens (including phenoxy) is 2. The number of hydrogen-bond donors (Lipinski definition) is 0. The Hall–Kier alpha value is -2.23. The fourth-order valence-electron chi connectivity index (χ4n) is 3.07. The zero-order valence-corrected chi connectivity index (χ0v) is 14.5. The normalized spacial score (nSPS) is 23.6. The number of ketones is 1. The maximum absolute atomic E-state index is 11.1. The van der Waals surface area contributed by atoms with Crippen molar-refractivity contribution in [1.29, 1.82) is 0 Å². The van der Waals surface area contributed by atoms with Gasteiger partial charge in [0.25, 0.3) is 0 Å². The van der Waals surface area contributed by atoms with E-state index in [0.29, 0.717) is 13.0 Å². The lowest BCUT2D eigenvalue weighted by Crippen LogP contribution is -2.30. The largest absolute Gasteiger partial charge is 0.348 e. The summed E-state index contributed by atoms with van der Waals surface area (Å²) in [7, 11) is 0. The van der Waals surface area contributed by atoms with E-state index in [2.05, 4.69) is 18.2 Å². The molecule has 0 saturated carbocycles. The predicted molar refractivity (Wildman–Crippen MR) is 97.9 cm³/mol. The Morgan fingerprint density at radius 2 is 1.64 bits per heavy atom. The van der Waals surface area contributed by atoms with Gasteiger partial charge < -0.3 is 9.47 Å². The van der Waals surface area contributed by atoms with Crippen molar-refractivity contribution < 1.29 is 14.3 Å².